The number of carbonyl (C=O) groups is 2. The number of hydrogen-bond acceptors (Lipinski definition) is 5. The fourth-order valence-corrected chi connectivity index (χ4v) is 3.71. The van der Waals surface area contributed by atoms with Crippen LogP contribution in [0.5, 0.6) is 11.5 Å². The molecule has 2 aromatic rings. The molecule has 1 heterocycles. The Morgan fingerprint density at radius 2 is 1.88 bits per heavy atom. The summed E-state index contributed by atoms with van der Waals surface area (Å²) < 4.78 is 11.4. The summed E-state index contributed by atoms with van der Waals surface area (Å²) in [4.78, 5) is 23.6. The van der Waals surface area contributed by atoms with Crippen molar-refractivity contribution in [1.29, 1.82) is 0 Å². The molecule has 0 bridgehead atoms. The Balaban J connectivity index is 1.64. The lowest BCUT2D eigenvalue weighted by Crippen LogP contribution is -2.22. The van der Waals surface area contributed by atoms with Crippen molar-refractivity contribution in [3.05, 3.63) is 45.6 Å². The maximum Gasteiger partial charge on any atom is 0.345 e. The van der Waals surface area contributed by atoms with E-state index >= 15 is 0 Å². The van der Waals surface area contributed by atoms with Crippen molar-refractivity contribution in [3.8, 4) is 11.5 Å². The predicted molar refractivity (Wildman–Crippen MR) is 98.3 cm³/mol. The normalized spacial score (nSPS) is 14.2. The van der Waals surface area contributed by atoms with Gasteiger partial charge in [-0.1, -0.05) is 6.07 Å². The highest BCUT2D eigenvalue weighted by Crippen LogP contribution is 2.32. The Morgan fingerprint density at radius 1 is 1.15 bits per heavy atom. The monoisotopic (exact) mass is 375 g/mol. The number of nitrogens with one attached hydrogen (secondary N) is 1. The molecule has 26 heavy (non-hydrogen) atoms. The molecule has 1 fully saturated rings. The minimum atomic E-state index is -1.03. The van der Waals surface area contributed by atoms with Gasteiger partial charge in [-0.25, -0.2) is 4.79 Å². The zero-order chi connectivity index (χ0) is 18.5. The van der Waals surface area contributed by atoms with Gasteiger partial charge in [-0.2, -0.15) is 0 Å². The zero-order valence-corrected chi connectivity index (χ0v) is 15.3. The summed E-state index contributed by atoms with van der Waals surface area (Å²) in [6.07, 6.45) is 4.68. The van der Waals surface area contributed by atoms with Gasteiger partial charge in [0.05, 0.1) is 18.1 Å². The molecule has 0 radical (unpaired) electrons. The summed E-state index contributed by atoms with van der Waals surface area (Å²) >= 11 is 0.958. The number of methoxy groups -OCH3 is 1. The first-order valence-electron chi connectivity index (χ1n) is 8.51. The molecular weight excluding hydrogens is 354 g/mol. The Bertz CT molecular complexity index is 795. The van der Waals surface area contributed by atoms with Gasteiger partial charge >= 0.3 is 5.97 Å². The van der Waals surface area contributed by atoms with Crippen LogP contribution >= 0.6 is 11.3 Å². The molecule has 0 atom stereocenters. The SMILES string of the molecule is COc1ccc(CNC(=O)c2ccc(C(=O)O)s2)cc1OC1CCCC1. The second kappa shape index (κ2) is 8.23. The molecule has 1 amide bonds. The molecule has 0 aliphatic heterocycles. The second-order valence-electron chi connectivity index (χ2n) is 6.16. The highest BCUT2D eigenvalue weighted by molar-refractivity contribution is 7.15. The third-order valence-corrected chi connectivity index (χ3v) is 5.39. The van der Waals surface area contributed by atoms with E-state index in [1.807, 2.05) is 18.2 Å². The molecule has 1 aromatic carbocycles. The lowest BCUT2D eigenvalue weighted by molar-refractivity contribution is 0.0702. The van der Waals surface area contributed by atoms with Crippen LogP contribution in [0.1, 0.15) is 50.6 Å². The van der Waals surface area contributed by atoms with Crippen molar-refractivity contribution in [1.82, 2.24) is 5.32 Å². The van der Waals surface area contributed by atoms with Crippen LogP contribution in [-0.2, 0) is 6.54 Å². The van der Waals surface area contributed by atoms with Crippen LogP contribution in [0.3, 0.4) is 0 Å². The number of carboxylic acid groups (broad SMARTS) is 1. The van der Waals surface area contributed by atoms with Gasteiger partial charge in [0.15, 0.2) is 11.5 Å². The summed E-state index contributed by atoms with van der Waals surface area (Å²) in [6, 6.07) is 8.54. The van der Waals surface area contributed by atoms with Gasteiger partial charge in [0.2, 0.25) is 0 Å². The molecule has 1 aliphatic carbocycles. The van der Waals surface area contributed by atoms with E-state index in [2.05, 4.69) is 5.32 Å². The molecule has 1 saturated carbocycles. The zero-order valence-electron chi connectivity index (χ0n) is 14.5. The van der Waals surface area contributed by atoms with Crippen molar-refractivity contribution in [2.75, 3.05) is 7.11 Å². The summed E-state index contributed by atoms with van der Waals surface area (Å²) in [6.45, 7) is 0.324. The minimum absolute atomic E-state index is 0.145. The van der Waals surface area contributed by atoms with E-state index in [1.165, 1.54) is 25.0 Å². The van der Waals surface area contributed by atoms with E-state index in [0.29, 0.717) is 22.9 Å². The van der Waals surface area contributed by atoms with Crippen molar-refractivity contribution in [2.24, 2.45) is 0 Å². The fourth-order valence-electron chi connectivity index (χ4n) is 2.95. The molecule has 7 heteroatoms. The van der Waals surface area contributed by atoms with Gasteiger partial charge in [0.1, 0.15) is 4.88 Å². The standard InChI is InChI=1S/C19H21NO5S/c1-24-14-7-6-12(10-15(14)25-13-4-2-3-5-13)11-20-18(21)16-8-9-17(26-16)19(22)23/h6-10,13H,2-5,11H2,1H3,(H,20,21)(H,22,23). The molecule has 2 N–H and O–H groups in total. The highest BCUT2D eigenvalue weighted by atomic mass is 32.1. The average molecular weight is 375 g/mol. The average Bonchev–Trinajstić information content (AvgIpc) is 3.31. The largest absolute Gasteiger partial charge is 0.493 e. The van der Waals surface area contributed by atoms with Crippen LogP contribution in [0.15, 0.2) is 30.3 Å². The number of hydrogen-bond donors (Lipinski definition) is 2. The number of benzene rings is 1. The molecule has 6 nitrogen and oxygen atoms in total. The van der Waals surface area contributed by atoms with Gasteiger partial charge in [0, 0.05) is 6.54 Å². The third-order valence-electron chi connectivity index (χ3n) is 4.32. The van der Waals surface area contributed by atoms with Gasteiger partial charge < -0.3 is 19.9 Å². The van der Waals surface area contributed by atoms with Crippen molar-refractivity contribution >= 4 is 23.2 Å². The molecule has 3 rings (SSSR count). The van der Waals surface area contributed by atoms with Gasteiger partial charge in [-0.3, -0.25) is 4.79 Å². The van der Waals surface area contributed by atoms with E-state index in [9.17, 15) is 9.59 Å². The van der Waals surface area contributed by atoms with Crippen LogP contribution in [0.2, 0.25) is 0 Å². The molecule has 138 valence electrons. The topological polar surface area (TPSA) is 84.9 Å². The summed E-state index contributed by atoms with van der Waals surface area (Å²) in [5.74, 6) is 0.0428. The molecule has 0 saturated heterocycles. The lowest BCUT2D eigenvalue weighted by Gasteiger charge is -2.17. The maximum atomic E-state index is 12.2. The molecule has 0 unspecified atom stereocenters. The van der Waals surface area contributed by atoms with Crippen LogP contribution in [0, 0.1) is 0 Å². The molecular formula is C19H21NO5S. The smallest absolute Gasteiger partial charge is 0.345 e. The van der Waals surface area contributed by atoms with Crippen LogP contribution < -0.4 is 14.8 Å². The first-order chi connectivity index (χ1) is 12.6. The Morgan fingerprint density at radius 3 is 2.54 bits per heavy atom. The fraction of sp³-hybridized carbons (Fsp3) is 0.368. The second-order valence-corrected chi connectivity index (χ2v) is 7.25. The molecule has 1 aliphatic rings. The van der Waals surface area contributed by atoms with Crippen LogP contribution in [-0.4, -0.2) is 30.2 Å². The van der Waals surface area contributed by atoms with Crippen molar-refractivity contribution in [3.63, 3.8) is 0 Å². The van der Waals surface area contributed by atoms with Gasteiger partial charge in [-0.05, 0) is 55.5 Å². The number of rotatable bonds is 7. The summed E-state index contributed by atoms with van der Waals surface area (Å²) in [7, 11) is 1.61. The Labute approximate surface area is 155 Å². The predicted octanol–water partition coefficient (Wildman–Crippen LogP) is 3.71. The van der Waals surface area contributed by atoms with Gasteiger partial charge in [-0.15, -0.1) is 11.3 Å². The quantitative estimate of drug-likeness (QED) is 0.771. The van der Waals surface area contributed by atoms with E-state index in [4.69, 9.17) is 14.6 Å². The van der Waals surface area contributed by atoms with E-state index in [-0.39, 0.29) is 16.9 Å². The van der Waals surface area contributed by atoms with Crippen LogP contribution in [0.4, 0.5) is 0 Å². The number of thiophene rings is 1. The Hall–Kier alpha value is -2.54. The number of carbonyl (C=O) groups excluding carboxylic acids is 1. The third kappa shape index (κ3) is 4.35. The Kier molecular flexibility index (Phi) is 5.78. The summed E-state index contributed by atoms with van der Waals surface area (Å²) in [5, 5.41) is 11.7. The number of amides is 1. The van der Waals surface area contributed by atoms with Gasteiger partial charge in [0.25, 0.3) is 5.91 Å². The van der Waals surface area contributed by atoms with Crippen LogP contribution in [0.25, 0.3) is 0 Å². The van der Waals surface area contributed by atoms with Crippen molar-refractivity contribution < 1.29 is 24.2 Å². The minimum Gasteiger partial charge on any atom is -0.493 e. The highest BCUT2D eigenvalue weighted by Gasteiger charge is 2.19. The van der Waals surface area contributed by atoms with E-state index in [1.54, 1.807) is 7.11 Å². The first kappa shape index (κ1) is 18.3. The molecule has 0 spiro atoms. The van der Waals surface area contributed by atoms with Crippen molar-refractivity contribution in [2.45, 2.75) is 38.3 Å². The maximum absolute atomic E-state index is 12.2. The summed E-state index contributed by atoms with van der Waals surface area (Å²) in [5.41, 5.74) is 0.891. The number of aromatic carboxylic acids is 1. The molecule has 1 aromatic heterocycles. The first-order valence-corrected chi connectivity index (χ1v) is 9.33. The number of carboxylic acids is 1. The van der Waals surface area contributed by atoms with E-state index in [0.717, 1.165) is 29.7 Å². The van der Waals surface area contributed by atoms with E-state index < -0.39 is 5.97 Å². The lowest BCUT2D eigenvalue weighted by atomic mass is 10.2. The number of ether oxygens (including phenoxy) is 2.